The quantitative estimate of drug-likeness (QED) is 0.857. The molecule has 1 saturated heterocycles. The summed E-state index contributed by atoms with van der Waals surface area (Å²) < 4.78 is 0. The molecule has 134 valence electrons. The van der Waals surface area contributed by atoms with Gasteiger partial charge in [0.25, 0.3) is 0 Å². The number of aromatic nitrogens is 1. The standard InChI is InChI=1S/C20H23N5O/c21-14-19(17-6-2-1-3-7-17)25-12-10-24(11-13-25)16-20(26)23-15-18-8-4-5-9-22-18/h1-9,19H,10-13,15-16H2,(H,23,26)/t19-/m0/s1. The Labute approximate surface area is 154 Å². The molecule has 1 atom stereocenters. The number of pyridine rings is 1. The van der Waals surface area contributed by atoms with Gasteiger partial charge >= 0.3 is 0 Å². The van der Waals surface area contributed by atoms with Crippen LogP contribution < -0.4 is 5.32 Å². The van der Waals surface area contributed by atoms with Gasteiger partial charge in [-0.05, 0) is 17.7 Å². The highest BCUT2D eigenvalue weighted by Gasteiger charge is 2.25. The number of benzene rings is 1. The Morgan fingerprint density at radius 2 is 1.85 bits per heavy atom. The van der Waals surface area contributed by atoms with Gasteiger partial charge in [-0.25, -0.2) is 0 Å². The molecule has 6 heteroatoms. The summed E-state index contributed by atoms with van der Waals surface area (Å²) in [6.07, 6.45) is 1.72. The number of hydrogen-bond acceptors (Lipinski definition) is 5. The Hall–Kier alpha value is -2.75. The van der Waals surface area contributed by atoms with E-state index in [-0.39, 0.29) is 11.9 Å². The number of nitrogens with zero attached hydrogens (tertiary/aromatic N) is 4. The maximum atomic E-state index is 12.1. The van der Waals surface area contributed by atoms with Gasteiger partial charge in [-0.2, -0.15) is 5.26 Å². The fourth-order valence-electron chi connectivity index (χ4n) is 3.13. The van der Waals surface area contributed by atoms with Crippen molar-refractivity contribution < 1.29 is 4.79 Å². The zero-order chi connectivity index (χ0) is 18.2. The SMILES string of the molecule is N#C[C@@H](c1ccccc1)N1CCN(CC(=O)NCc2ccccn2)CC1. The number of rotatable bonds is 6. The smallest absolute Gasteiger partial charge is 0.234 e. The van der Waals surface area contributed by atoms with Crippen LogP contribution >= 0.6 is 0 Å². The summed E-state index contributed by atoms with van der Waals surface area (Å²) in [6.45, 7) is 3.94. The molecule has 1 fully saturated rings. The lowest BCUT2D eigenvalue weighted by molar-refractivity contribution is -0.122. The number of nitriles is 1. The summed E-state index contributed by atoms with van der Waals surface area (Å²) in [6, 6.07) is 17.7. The monoisotopic (exact) mass is 349 g/mol. The van der Waals surface area contributed by atoms with Crippen LogP contribution in [0.5, 0.6) is 0 Å². The second-order valence-electron chi connectivity index (χ2n) is 6.35. The third-order valence-corrected chi connectivity index (χ3v) is 4.57. The van der Waals surface area contributed by atoms with E-state index in [2.05, 4.69) is 26.2 Å². The summed E-state index contributed by atoms with van der Waals surface area (Å²) in [5.74, 6) is 0.00370. The molecule has 1 aliphatic heterocycles. The largest absolute Gasteiger partial charge is 0.349 e. The van der Waals surface area contributed by atoms with Gasteiger partial charge in [-0.15, -0.1) is 0 Å². The molecule has 0 bridgehead atoms. The molecule has 26 heavy (non-hydrogen) atoms. The first-order valence-corrected chi connectivity index (χ1v) is 8.84. The molecule has 6 nitrogen and oxygen atoms in total. The Kier molecular flexibility index (Phi) is 6.31. The molecule has 1 N–H and O–H groups in total. The van der Waals surface area contributed by atoms with E-state index in [1.54, 1.807) is 6.20 Å². The van der Waals surface area contributed by atoms with E-state index in [0.29, 0.717) is 13.1 Å². The third kappa shape index (κ3) is 4.88. The number of piperazine rings is 1. The zero-order valence-electron chi connectivity index (χ0n) is 14.7. The van der Waals surface area contributed by atoms with Gasteiger partial charge in [0.05, 0.1) is 24.9 Å². The fraction of sp³-hybridized carbons (Fsp3) is 0.350. The van der Waals surface area contributed by atoms with E-state index < -0.39 is 0 Å². The number of carbonyl (C=O) groups excluding carboxylic acids is 1. The number of amides is 1. The minimum absolute atomic E-state index is 0.00370. The first-order chi connectivity index (χ1) is 12.8. The van der Waals surface area contributed by atoms with Crippen molar-refractivity contribution in [3.63, 3.8) is 0 Å². The molecule has 1 aliphatic rings. The molecule has 1 aromatic heterocycles. The van der Waals surface area contributed by atoms with Gasteiger partial charge in [-0.1, -0.05) is 36.4 Å². The van der Waals surface area contributed by atoms with Crippen molar-refractivity contribution >= 4 is 5.91 Å². The van der Waals surface area contributed by atoms with Gasteiger partial charge in [0.15, 0.2) is 0 Å². The molecular formula is C20H23N5O. The number of nitrogens with one attached hydrogen (secondary N) is 1. The van der Waals surface area contributed by atoms with E-state index >= 15 is 0 Å². The Morgan fingerprint density at radius 3 is 2.50 bits per heavy atom. The maximum absolute atomic E-state index is 12.1. The first-order valence-electron chi connectivity index (χ1n) is 8.84. The van der Waals surface area contributed by atoms with E-state index in [0.717, 1.165) is 37.4 Å². The highest BCUT2D eigenvalue weighted by Crippen LogP contribution is 2.21. The molecule has 2 heterocycles. The van der Waals surface area contributed by atoms with E-state index in [1.807, 2.05) is 48.5 Å². The predicted molar refractivity (Wildman–Crippen MR) is 98.9 cm³/mol. The fourth-order valence-corrected chi connectivity index (χ4v) is 3.13. The first kappa shape index (κ1) is 18.1. The average molecular weight is 349 g/mol. The second kappa shape index (κ2) is 9.09. The third-order valence-electron chi connectivity index (χ3n) is 4.57. The van der Waals surface area contributed by atoms with Crippen LogP contribution in [0.1, 0.15) is 17.3 Å². The van der Waals surface area contributed by atoms with Crippen LogP contribution in [0, 0.1) is 11.3 Å². The van der Waals surface area contributed by atoms with Gasteiger partial charge in [0, 0.05) is 32.4 Å². The molecule has 0 spiro atoms. The van der Waals surface area contributed by atoms with E-state index in [9.17, 15) is 10.1 Å². The van der Waals surface area contributed by atoms with Crippen LogP contribution in [-0.4, -0.2) is 53.4 Å². The maximum Gasteiger partial charge on any atom is 0.234 e. The molecule has 0 unspecified atom stereocenters. The van der Waals surface area contributed by atoms with Crippen molar-refractivity contribution in [3.05, 3.63) is 66.0 Å². The molecule has 0 saturated carbocycles. The lowest BCUT2D eigenvalue weighted by Gasteiger charge is -2.36. The summed E-state index contributed by atoms with van der Waals surface area (Å²) >= 11 is 0. The van der Waals surface area contributed by atoms with E-state index in [4.69, 9.17) is 0 Å². The van der Waals surface area contributed by atoms with Crippen molar-refractivity contribution in [1.29, 1.82) is 5.26 Å². The summed E-state index contributed by atoms with van der Waals surface area (Å²) in [5, 5.41) is 12.5. The minimum Gasteiger partial charge on any atom is -0.349 e. The van der Waals surface area contributed by atoms with Crippen molar-refractivity contribution in [2.45, 2.75) is 12.6 Å². The molecule has 0 radical (unpaired) electrons. The number of hydrogen-bond donors (Lipinski definition) is 1. The normalized spacial score (nSPS) is 16.6. The minimum atomic E-state index is -0.226. The Balaban J connectivity index is 1.45. The second-order valence-corrected chi connectivity index (χ2v) is 6.35. The van der Waals surface area contributed by atoms with Gasteiger partial charge < -0.3 is 5.32 Å². The topological polar surface area (TPSA) is 72.3 Å². The molecular weight excluding hydrogens is 326 g/mol. The lowest BCUT2D eigenvalue weighted by Crippen LogP contribution is -2.50. The van der Waals surface area contributed by atoms with Crippen LogP contribution in [0.4, 0.5) is 0 Å². The zero-order valence-corrected chi connectivity index (χ0v) is 14.7. The van der Waals surface area contributed by atoms with Gasteiger partial charge in [0.1, 0.15) is 6.04 Å². The predicted octanol–water partition coefficient (Wildman–Crippen LogP) is 1.58. The van der Waals surface area contributed by atoms with Crippen LogP contribution in [0.3, 0.4) is 0 Å². The molecule has 0 aliphatic carbocycles. The van der Waals surface area contributed by atoms with Gasteiger partial charge in [-0.3, -0.25) is 19.6 Å². The highest BCUT2D eigenvalue weighted by molar-refractivity contribution is 5.77. The average Bonchev–Trinajstić information content (AvgIpc) is 2.70. The van der Waals surface area contributed by atoms with Crippen molar-refractivity contribution in [2.75, 3.05) is 32.7 Å². The van der Waals surface area contributed by atoms with Crippen LogP contribution in [0.2, 0.25) is 0 Å². The van der Waals surface area contributed by atoms with Crippen LogP contribution in [0.25, 0.3) is 0 Å². The van der Waals surface area contributed by atoms with E-state index in [1.165, 1.54) is 0 Å². The van der Waals surface area contributed by atoms with Crippen LogP contribution in [-0.2, 0) is 11.3 Å². The summed E-state index contributed by atoms with van der Waals surface area (Å²) in [4.78, 5) is 20.6. The van der Waals surface area contributed by atoms with Gasteiger partial charge in [0.2, 0.25) is 5.91 Å². The number of carbonyl (C=O) groups is 1. The molecule has 2 aromatic rings. The summed E-state index contributed by atoms with van der Waals surface area (Å²) in [5.41, 5.74) is 1.88. The van der Waals surface area contributed by atoms with Crippen molar-refractivity contribution in [2.24, 2.45) is 0 Å². The molecule has 1 aromatic carbocycles. The lowest BCUT2D eigenvalue weighted by atomic mass is 10.1. The van der Waals surface area contributed by atoms with Crippen LogP contribution in [0.15, 0.2) is 54.7 Å². The molecule has 1 amide bonds. The summed E-state index contributed by atoms with van der Waals surface area (Å²) in [7, 11) is 0. The molecule has 3 rings (SSSR count). The van der Waals surface area contributed by atoms with Crippen molar-refractivity contribution in [1.82, 2.24) is 20.1 Å². The Bertz CT molecular complexity index is 736. The highest BCUT2D eigenvalue weighted by atomic mass is 16.2. The Morgan fingerprint density at radius 1 is 1.12 bits per heavy atom. The van der Waals surface area contributed by atoms with Crippen molar-refractivity contribution in [3.8, 4) is 6.07 Å².